The zero-order valence-electron chi connectivity index (χ0n) is 11.9. The number of rotatable bonds is 8. The number of hydrogen-bond acceptors (Lipinski definition) is 6. The highest BCUT2D eigenvalue weighted by Crippen LogP contribution is 2.20. The summed E-state index contributed by atoms with van der Waals surface area (Å²) in [5.41, 5.74) is 6.57. The molecule has 2 heterocycles. The van der Waals surface area contributed by atoms with Gasteiger partial charge in [0.1, 0.15) is 0 Å². The molecule has 0 aliphatic rings. The van der Waals surface area contributed by atoms with Crippen molar-refractivity contribution in [3.8, 4) is 0 Å². The molecule has 110 valence electrons. The van der Waals surface area contributed by atoms with Gasteiger partial charge in [0, 0.05) is 18.5 Å². The Labute approximate surface area is 122 Å². The second-order valence-corrected chi connectivity index (χ2v) is 5.46. The summed E-state index contributed by atoms with van der Waals surface area (Å²) in [6.45, 7) is 5.54. The minimum atomic E-state index is 0.483. The summed E-state index contributed by atoms with van der Waals surface area (Å²) in [7, 11) is 0. The molecule has 20 heavy (non-hydrogen) atoms. The molecule has 7 nitrogen and oxygen atoms in total. The summed E-state index contributed by atoms with van der Waals surface area (Å²) in [6.07, 6.45) is 4.25. The first-order valence-corrected chi connectivity index (χ1v) is 7.90. The quantitative estimate of drug-likeness (QED) is 0.742. The van der Waals surface area contributed by atoms with E-state index in [-0.39, 0.29) is 0 Å². The smallest absolute Gasteiger partial charge is 0.209 e. The van der Waals surface area contributed by atoms with E-state index in [0.717, 1.165) is 29.4 Å². The summed E-state index contributed by atoms with van der Waals surface area (Å²) in [6, 6.07) is 2.54. The van der Waals surface area contributed by atoms with E-state index >= 15 is 0 Å². The van der Waals surface area contributed by atoms with E-state index in [2.05, 4.69) is 51.4 Å². The normalized spacial score (nSPS) is 11.4. The molecule has 0 unspecified atom stereocenters. The number of nitrogens with zero attached hydrogens (tertiary/aromatic N) is 6. The Kier molecular flexibility index (Phi) is 5.54. The van der Waals surface area contributed by atoms with Crippen LogP contribution in [-0.4, -0.2) is 36.5 Å². The standard InChI is InChI=1S/C12H21N7S/c1-3-11(4-2)18-7-5-10(15-18)9-20-12-14-16-17-19(12)8-6-13/h5,7,11H,3-4,6,8-9,13H2,1-2H3. The van der Waals surface area contributed by atoms with E-state index in [1.807, 2.05) is 0 Å². The van der Waals surface area contributed by atoms with Gasteiger partial charge in [-0.25, -0.2) is 4.68 Å². The molecule has 8 heteroatoms. The summed E-state index contributed by atoms with van der Waals surface area (Å²) < 4.78 is 3.78. The molecule has 0 saturated heterocycles. The summed E-state index contributed by atoms with van der Waals surface area (Å²) in [5, 5.41) is 17.0. The van der Waals surface area contributed by atoms with Crippen molar-refractivity contribution in [1.29, 1.82) is 0 Å². The SMILES string of the molecule is CCC(CC)n1ccc(CSc2nnnn2CCN)n1. The van der Waals surface area contributed by atoms with Crippen LogP contribution in [0.3, 0.4) is 0 Å². The fourth-order valence-electron chi connectivity index (χ4n) is 2.02. The van der Waals surface area contributed by atoms with Crippen LogP contribution in [0.2, 0.25) is 0 Å². The van der Waals surface area contributed by atoms with Crippen molar-refractivity contribution in [2.75, 3.05) is 6.54 Å². The van der Waals surface area contributed by atoms with Gasteiger partial charge in [-0.15, -0.1) is 5.10 Å². The molecule has 0 aliphatic heterocycles. The third kappa shape index (κ3) is 3.57. The predicted molar refractivity (Wildman–Crippen MR) is 78.3 cm³/mol. The number of hydrogen-bond donors (Lipinski definition) is 1. The van der Waals surface area contributed by atoms with Crippen LogP contribution >= 0.6 is 11.8 Å². The molecule has 0 aliphatic carbocycles. The van der Waals surface area contributed by atoms with Crippen LogP contribution < -0.4 is 5.73 Å². The Balaban J connectivity index is 1.95. The van der Waals surface area contributed by atoms with Crippen LogP contribution in [0.15, 0.2) is 17.4 Å². The lowest BCUT2D eigenvalue weighted by molar-refractivity contribution is 0.426. The number of aromatic nitrogens is 6. The second kappa shape index (κ2) is 7.39. The van der Waals surface area contributed by atoms with Crippen LogP contribution in [0.4, 0.5) is 0 Å². The Morgan fingerprint density at radius 1 is 1.35 bits per heavy atom. The first-order valence-electron chi connectivity index (χ1n) is 6.91. The van der Waals surface area contributed by atoms with Crippen LogP contribution in [0.25, 0.3) is 0 Å². The third-order valence-electron chi connectivity index (χ3n) is 3.17. The number of thioether (sulfide) groups is 1. The van der Waals surface area contributed by atoms with Crippen LogP contribution in [0.1, 0.15) is 38.4 Å². The van der Waals surface area contributed by atoms with Gasteiger partial charge < -0.3 is 5.73 Å². The maximum atomic E-state index is 5.52. The van der Waals surface area contributed by atoms with E-state index in [4.69, 9.17) is 5.73 Å². The van der Waals surface area contributed by atoms with Gasteiger partial charge in [0.05, 0.1) is 18.3 Å². The number of nitrogens with two attached hydrogens (primary N) is 1. The molecule has 0 atom stereocenters. The number of tetrazole rings is 1. The fraction of sp³-hybridized carbons (Fsp3) is 0.667. The molecular weight excluding hydrogens is 274 g/mol. The molecule has 0 bridgehead atoms. The van der Waals surface area contributed by atoms with Gasteiger partial charge >= 0.3 is 0 Å². The maximum Gasteiger partial charge on any atom is 0.209 e. The third-order valence-corrected chi connectivity index (χ3v) is 4.16. The molecule has 0 saturated carbocycles. The Hall–Kier alpha value is -1.41. The van der Waals surface area contributed by atoms with Gasteiger partial charge in [0.15, 0.2) is 0 Å². The van der Waals surface area contributed by atoms with Crippen molar-refractivity contribution in [2.45, 2.75) is 50.2 Å². The Morgan fingerprint density at radius 3 is 2.85 bits per heavy atom. The van der Waals surface area contributed by atoms with Crippen molar-refractivity contribution in [3.63, 3.8) is 0 Å². The predicted octanol–water partition coefficient (Wildman–Crippen LogP) is 1.48. The monoisotopic (exact) mass is 295 g/mol. The van der Waals surface area contributed by atoms with Crippen molar-refractivity contribution in [3.05, 3.63) is 18.0 Å². The van der Waals surface area contributed by atoms with Gasteiger partial charge in [-0.1, -0.05) is 25.6 Å². The van der Waals surface area contributed by atoms with Gasteiger partial charge in [-0.05, 0) is 29.3 Å². The molecular formula is C12H21N7S. The van der Waals surface area contributed by atoms with E-state index in [9.17, 15) is 0 Å². The van der Waals surface area contributed by atoms with Crippen molar-refractivity contribution in [2.24, 2.45) is 5.73 Å². The minimum absolute atomic E-state index is 0.483. The van der Waals surface area contributed by atoms with E-state index < -0.39 is 0 Å². The molecule has 0 amide bonds. The fourth-order valence-corrected chi connectivity index (χ4v) is 2.82. The lowest BCUT2D eigenvalue weighted by Gasteiger charge is -2.12. The molecule has 0 aromatic carbocycles. The highest BCUT2D eigenvalue weighted by atomic mass is 32.2. The second-order valence-electron chi connectivity index (χ2n) is 4.52. The van der Waals surface area contributed by atoms with Crippen molar-refractivity contribution < 1.29 is 0 Å². The van der Waals surface area contributed by atoms with Crippen LogP contribution in [0, 0.1) is 0 Å². The van der Waals surface area contributed by atoms with E-state index in [1.54, 1.807) is 16.4 Å². The molecule has 0 spiro atoms. The molecule has 0 radical (unpaired) electrons. The minimum Gasteiger partial charge on any atom is -0.329 e. The lowest BCUT2D eigenvalue weighted by Crippen LogP contribution is -2.12. The average Bonchev–Trinajstić information content (AvgIpc) is 3.08. The Morgan fingerprint density at radius 2 is 2.15 bits per heavy atom. The van der Waals surface area contributed by atoms with Gasteiger partial charge in [-0.2, -0.15) is 5.10 Å². The van der Waals surface area contributed by atoms with E-state index in [0.29, 0.717) is 19.1 Å². The van der Waals surface area contributed by atoms with Gasteiger partial charge in [0.2, 0.25) is 5.16 Å². The largest absolute Gasteiger partial charge is 0.329 e. The maximum absolute atomic E-state index is 5.52. The van der Waals surface area contributed by atoms with Crippen molar-refractivity contribution in [1.82, 2.24) is 30.0 Å². The van der Waals surface area contributed by atoms with Crippen LogP contribution in [0.5, 0.6) is 0 Å². The van der Waals surface area contributed by atoms with Gasteiger partial charge in [-0.3, -0.25) is 4.68 Å². The highest BCUT2D eigenvalue weighted by molar-refractivity contribution is 7.98. The molecule has 2 aromatic rings. The topological polar surface area (TPSA) is 87.4 Å². The highest BCUT2D eigenvalue weighted by Gasteiger charge is 2.10. The van der Waals surface area contributed by atoms with Crippen molar-refractivity contribution >= 4 is 11.8 Å². The van der Waals surface area contributed by atoms with E-state index in [1.165, 1.54) is 0 Å². The Bertz CT molecular complexity index is 517. The first kappa shape index (κ1) is 15.0. The molecule has 0 fully saturated rings. The summed E-state index contributed by atoms with van der Waals surface area (Å²) >= 11 is 1.58. The molecule has 2 rings (SSSR count). The average molecular weight is 295 g/mol. The molecule has 2 aromatic heterocycles. The summed E-state index contributed by atoms with van der Waals surface area (Å²) in [4.78, 5) is 0. The molecule has 2 N–H and O–H groups in total. The zero-order valence-corrected chi connectivity index (χ0v) is 12.8. The lowest BCUT2D eigenvalue weighted by atomic mass is 10.2. The van der Waals surface area contributed by atoms with Gasteiger partial charge in [0.25, 0.3) is 0 Å². The van der Waals surface area contributed by atoms with Crippen LogP contribution in [-0.2, 0) is 12.3 Å². The first-order chi connectivity index (χ1) is 9.78. The summed E-state index contributed by atoms with van der Waals surface area (Å²) in [5.74, 6) is 0.762. The zero-order chi connectivity index (χ0) is 14.4.